The smallest absolute Gasteiger partial charge is 0.311 e. The zero-order valence-electron chi connectivity index (χ0n) is 13.5. The maximum atomic E-state index is 12.1. The second-order valence-corrected chi connectivity index (χ2v) is 5.58. The first-order valence-corrected chi connectivity index (χ1v) is 7.63. The van der Waals surface area contributed by atoms with E-state index in [9.17, 15) is 14.9 Å². The predicted molar refractivity (Wildman–Crippen MR) is 88.0 cm³/mol. The molecule has 0 bridgehead atoms. The number of nitrogens with two attached hydrogens (primary N) is 1. The molecule has 0 aromatic heterocycles. The summed E-state index contributed by atoms with van der Waals surface area (Å²) in [4.78, 5) is 26.1. The number of aryl methyl sites for hydroxylation is 1. The van der Waals surface area contributed by atoms with Gasteiger partial charge in [-0.1, -0.05) is 6.07 Å². The maximum Gasteiger partial charge on any atom is 0.311 e. The largest absolute Gasteiger partial charge is 0.486 e. The van der Waals surface area contributed by atoms with Gasteiger partial charge in [0.05, 0.1) is 18.0 Å². The highest BCUT2D eigenvalue weighted by Crippen LogP contribution is 2.27. The fourth-order valence-electron chi connectivity index (χ4n) is 2.50. The van der Waals surface area contributed by atoms with Crippen LogP contribution in [0.3, 0.4) is 0 Å². The molecule has 1 aliphatic rings. The molecule has 1 fully saturated rings. The van der Waals surface area contributed by atoms with Crippen LogP contribution in [0.1, 0.15) is 12.0 Å². The Balaban J connectivity index is 1.83. The van der Waals surface area contributed by atoms with Gasteiger partial charge in [-0.3, -0.25) is 20.3 Å². The molecule has 1 aliphatic heterocycles. The Kier molecular flexibility index (Phi) is 5.56. The summed E-state index contributed by atoms with van der Waals surface area (Å²) < 4.78 is 5.42. The molecule has 130 valence electrons. The summed E-state index contributed by atoms with van der Waals surface area (Å²) in [6, 6.07) is 4.72. The molecule has 9 heteroatoms. The van der Waals surface area contributed by atoms with Crippen molar-refractivity contribution in [1.29, 1.82) is 5.41 Å². The number of ether oxygens (including phenoxy) is 1. The third-order valence-electron chi connectivity index (χ3n) is 3.86. The lowest BCUT2D eigenvalue weighted by Gasteiger charge is -2.34. The quantitative estimate of drug-likeness (QED) is 0.353. The van der Waals surface area contributed by atoms with Crippen LogP contribution < -0.4 is 10.5 Å². The van der Waals surface area contributed by atoms with E-state index in [-0.39, 0.29) is 36.3 Å². The number of carbonyl (C=O) groups is 1. The Morgan fingerprint density at radius 1 is 1.33 bits per heavy atom. The molecule has 1 aromatic rings. The normalized spacial score (nSPS) is 14.4. The molecule has 9 nitrogen and oxygen atoms in total. The SMILES string of the molecule is Cc1ccc(OCCC(=O)N2CCN(C(=N)N)CC2)c([N+](=O)[O-])c1. The van der Waals surface area contributed by atoms with Crippen LogP contribution >= 0.6 is 0 Å². The van der Waals surface area contributed by atoms with Crippen LogP contribution in [0.2, 0.25) is 0 Å². The molecule has 2 rings (SSSR count). The van der Waals surface area contributed by atoms with Crippen LogP contribution in [-0.4, -0.2) is 59.4 Å². The number of nitro benzene ring substituents is 1. The molecule has 0 saturated carbocycles. The topological polar surface area (TPSA) is 126 Å². The summed E-state index contributed by atoms with van der Waals surface area (Å²) in [6.07, 6.45) is 0.144. The number of rotatable bonds is 5. The van der Waals surface area contributed by atoms with E-state index in [4.69, 9.17) is 15.9 Å². The zero-order chi connectivity index (χ0) is 17.7. The molecular formula is C15H21N5O4. The molecule has 1 amide bonds. The van der Waals surface area contributed by atoms with Gasteiger partial charge < -0.3 is 20.3 Å². The van der Waals surface area contributed by atoms with E-state index < -0.39 is 4.92 Å². The molecule has 0 unspecified atom stereocenters. The monoisotopic (exact) mass is 335 g/mol. The molecule has 24 heavy (non-hydrogen) atoms. The molecule has 0 atom stereocenters. The fraction of sp³-hybridized carbons (Fsp3) is 0.467. The standard InChI is InChI=1S/C15H21N5O4/c1-11-2-3-13(12(10-11)20(22)23)24-9-4-14(21)18-5-7-19(8-6-18)15(16)17/h2-3,10H,4-9H2,1H3,(H3,16,17). The lowest BCUT2D eigenvalue weighted by Crippen LogP contribution is -2.52. The second kappa shape index (κ2) is 7.62. The number of nitrogens with one attached hydrogen (secondary N) is 1. The average Bonchev–Trinajstić information content (AvgIpc) is 2.56. The minimum atomic E-state index is -0.495. The first-order valence-electron chi connectivity index (χ1n) is 7.63. The molecule has 3 N–H and O–H groups in total. The van der Waals surface area contributed by atoms with Gasteiger partial charge in [-0.25, -0.2) is 0 Å². The number of guanidine groups is 1. The van der Waals surface area contributed by atoms with Gasteiger partial charge in [0.2, 0.25) is 5.91 Å². The number of hydrogen-bond acceptors (Lipinski definition) is 5. The van der Waals surface area contributed by atoms with Crippen LogP contribution in [0.15, 0.2) is 18.2 Å². The van der Waals surface area contributed by atoms with Crippen LogP contribution in [0, 0.1) is 22.4 Å². The van der Waals surface area contributed by atoms with Crippen molar-refractivity contribution in [3.05, 3.63) is 33.9 Å². The summed E-state index contributed by atoms with van der Waals surface area (Å²) in [5.74, 6) is 0.102. The molecule has 0 aliphatic carbocycles. The van der Waals surface area contributed by atoms with E-state index in [1.165, 1.54) is 6.07 Å². The van der Waals surface area contributed by atoms with Gasteiger partial charge in [0, 0.05) is 32.2 Å². The lowest BCUT2D eigenvalue weighted by atomic mass is 10.2. The number of nitrogens with zero attached hydrogens (tertiary/aromatic N) is 3. The van der Waals surface area contributed by atoms with E-state index in [1.54, 1.807) is 28.9 Å². The van der Waals surface area contributed by atoms with Gasteiger partial charge >= 0.3 is 5.69 Å². The highest BCUT2D eigenvalue weighted by molar-refractivity contribution is 5.78. The van der Waals surface area contributed by atoms with Crippen molar-refractivity contribution in [2.45, 2.75) is 13.3 Å². The van der Waals surface area contributed by atoms with E-state index >= 15 is 0 Å². The summed E-state index contributed by atoms with van der Waals surface area (Å²) in [7, 11) is 0. The fourth-order valence-corrected chi connectivity index (χ4v) is 2.50. The van der Waals surface area contributed by atoms with Crippen molar-refractivity contribution in [2.24, 2.45) is 5.73 Å². The van der Waals surface area contributed by atoms with Gasteiger partial charge in [-0.2, -0.15) is 0 Å². The molecular weight excluding hydrogens is 314 g/mol. The highest BCUT2D eigenvalue weighted by Gasteiger charge is 2.22. The predicted octanol–water partition coefficient (Wildman–Crippen LogP) is 0.710. The minimum Gasteiger partial charge on any atom is -0.486 e. The van der Waals surface area contributed by atoms with Gasteiger partial charge in [-0.05, 0) is 18.6 Å². The van der Waals surface area contributed by atoms with E-state index in [1.807, 2.05) is 0 Å². The van der Waals surface area contributed by atoms with Crippen LogP contribution in [0.25, 0.3) is 0 Å². The van der Waals surface area contributed by atoms with E-state index in [0.29, 0.717) is 26.2 Å². The van der Waals surface area contributed by atoms with Crippen molar-refractivity contribution < 1.29 is 14.5 Å². The Bertz CT molecular complexity index is 641. The van der Waals surface area contributed by atoms with E-state index in [2.05, 4.69) is 0 Å². The number of benzene rings is 1. The van der Waals surface area contributed by atoms with Crippen LogP contribution in [0.5, 0.6) is 5.75 Å². The highest BCUT2D eigenvalue weighted by atomic mass is 16.6. The summed E-state index contributed by atoms with van der Waals surface area (Å²) >= 11 is 0. The molecule has 0 radical (unpaired) electrons. The third kappa shape index (κ3) is 4.34. The van der Waals surface area contributed by atoms with Crippen molar-refractivity contribution in [3.8, 4) is 5.75 Å². The molecule has 1 heterocycles. The van der Waals surface area contributed by atoms with Crippen molar-refractivity contribution in [2.75, 3.05) is 32.8 Å². The number of carbonyl (C=O) groups excluding carboxylic acids is 1. The first kappa shape index (κ1) is 17.5. The van der Waals surface area contributed by atoms with E-state index in [0.717, 1.165) is 5.56 Å². The Morgan fingerprint density at radius 3 is 2.54 bits per heavy atom. The number of amides is 1. The number of hydrogen-bond donors (Lipinski definition) is 2. The van der Waals surface area contributed by atoms with Crippen molar-refractivity contribution in [3.63, 3.8) is 0 Å². The average molecular weight is 335 g/mol. The van der Waals surface area contributed by atoms with Gasteiger partial charge in [-0.15, -0.1) is 0 Å². The Morgan fingerprint density at radius 2 is 1.96 bits per heavy atom. The third-order valence-corrected chi connectivity index (χ3v) is 3.86. The lowest BCUT2D eigenvalue weighted by molar-refractivity contribution is -0.385. The second-order valence-electron chi connectivity index (χ2n) is 5.58. The molecule has 1 aromatic carbocycles. The van der Waals surface area contributed by atoms with Crippen LogP contribution in [-0.2, 0) is 4.79 Å². The molecule has 1 saturated heterocycles. The zero-order valence-corrected chi connectivity index (χ0v) is 13.5. The maximum absolute atomic E-state index is 12.1. The Labute approximate surface area is 139 Å². The minimum absolute atomic E-state index is 0.0112. The summed E-state index contributed by atoms with van der Waals surface area (Å²) in [5.41, 5.74) is 6.09. The Hall–Kier alpha value is -2.84. The summed E-state index contributed by atoms with van der Waals surface area (Å²) in [6.45, 7) is 3.92. The number of piperazine rings is 1. The van der Waals surface area contributed by atoms with Crippen molar-refractivity contribution >= 4 is 17.6 Å². The number of nitro groups is 1. The van der Waals surface area contributed by atoms with Gasteiger partial charge in [0.15, 0.2) is 11.7 Å². The molecule has 0 spiro atoms. The van der Waals surface area contributed by atoms with Crippen LogP contribution in [0.4, 0.5) is 5.69 Å². The van der Waals surface area contributed by atoms with Crippen molar-refractivity contribution in [1.82, 2.24) is 9.80 Å². The summed E-state index contributed by atoms with van der Waals surface area (Å²) in [5, 5.41) is 18.4. The first-order chi connectivity index (χ1) is 11.4. The van der Waals surface area contributed by atoms with Gasteiger partial charge in [0.1, 0.15) is 0 Å². The van der Waals surface area contributed by atoms with Gasteiger partial charge in [0.25, 0.3) is 0 Å².